The lowest BCUT2D eigenvalue weighted by Gasteiger charge is -2.16. The van der Waals surface area contributed by atoms with Crippen molar-refractivity contribution >= 4 is 12.0 Å². The summed E-state index contributed by atoms with van der Waals surface area (Å²) in [6.45, 7) is 0.473. The van der Waals surface area contributed by atoms with Gasteiger partial charge < -0.3 is 15.2 Å². The summed E-state index contributed by atoms with van der Waals surface area (Å²) in [6.07, 6.45) is 3.47. The number of aliphatic hydroxyl groups is 1. The Morgan fingerprint density at radius 2 is 2.04 bits per heavy atom. The molecular weight excluding hydrogens is 321 g/mol. The summed E-state index contributed by atoms with van der Waals surface area (Å²) < 4.78 is 18.5. The maximum atomic E-state index is 13.6. The largest absolute Gasteiger partial charge is 0.494 e. The number of amides is 1. The van der Waals surface area contributed by atoms with E-state index in [2.05, 4.69) is 5.32 Å². The number of hydrogen-bond donors (Lipinski definition) is 2. The summed E-state index contributed by atoms with van der Waals surface area (Å²) in [7, 11) is 1.40. The molecule has 5 heteroatoms. The minimum atomic E-state index is -0.475. The van der Waals surface area contributed by atoms with Crippen LogP contribution >= 0.6 is 0 Å². The molecule has 0 aliphatic rings. The van der Waals surface area contributed by atoms with E-state index in [9.17, 15) is 14.3 Å². The van der Waals surface area contributed by atoms with E-state index in [0.717, 1.165) is 5.56 Å². The maximum Gasteiger partial charge on any atom is 0.244 e. The second kappa shape index (κ2) is 9.59. The van der Waals surface area contributed by atoms with Crippen LogP contribution in [0.15, 0.2) is 54.6 Å². The molecule has 132 valence electrons. The Balaban J connectivity index is 1.93. The molecule has 0 aliphatic carbocycles. The fraction of sp³-hybridized carbons (Fsp3) is 0.250. The molecule has 2 N–H and O–H groups in total. The smallest absolute Gasteiger partial charge is 0.244 e. The van der Waals surface area contributed by atoms with E-state index in [4.69, 9.17) is 4.74 Å². The lowest BCUT2D eigenvalue weighted by molar-refractivity contribution is -0.116. The van der Waals surface area contributed by atoms with Crippen LogP contribution in [-0.4, -0.2) is 31.3 Å². The summed E-state index contributed by atoms with van der Waals surface area (Å²) in [4.78, 5) is 12.0. The predicted octanol–water partition coefficient (Wildman–Crippen LogP) is 3.13. The summed E-state index contributed by atoms with van der Waals surface area (Å²) in [6, 6.07) is 14.2. The van der Waals surface area contributed by atoms with Gasteiger partial charge in [-0.25, -0.2) is 4.39 Å². The van der Waals surface area contributed by atoms with E-state index in [1.807, 2.05) is 30.3 Å². The van der Waals surface area contributed by atoms with Crippen LogP contribution in [0.5, 0.6) is 5.75 Å². The van der Waals surface area contributed by atoms with Crippen molar-refractivity contribution in [1.29, 1.82) is 0 Å². The van der Waals surface area contributed by atoms with Crippen molar-refractivity contribution in [2.24, 2.45) is 0 Å². The molecule has 0 heterocycles. The summed E-state index contributed by atoms with van der Waals surface area (Å²) in [5.41, 5.74) is 1.64. The quantitative estimate of drug-likeness (QED) is 0.724. The van der Waals surface area contributed by atoms with Crippen LogP contribution in [0.4, 0.5) is 4.39 Å². The van der Waals surface area contributed by atoms with Crippen LogP contribution in [0.25, 0.3) is 6.08 Å². The highest BCUT2D eigenvalue weighted by Crippen LogP contribution is 2.19. The van der Waals surface area contributed by atoms with E-state index >= 15 is 0 Å². The first-order valence-electron chi connectivity index (χ1n) is 8.09. The van der Waals surface area contributed by atoms with Gasteiger partial charge in [-0.2, -0.15) is 0 Å². The predicted molar refractivity (Wildman–Crippen MR) is 95.9 cm³/mol. The molecule has 0 spiro atoms. The first kappa shape index (κ1) is 18.7. The van der Waals surface area contributed by atoms with Gasteiger partial charge in [0.1, 0.15) is 0 Å². The summed E-state index contributed by atoms with van der Waals surface area (Å²) in [5.74, 6) is -0.537. The van der Waals surface area contributed by atoms with Gasteiger partial charge in [0.2, 0.25) is 5.91 Å². The number of aliphatic hydroxyl groups excluding tert-OH is 1. The third-order valence-electron chi connectivity index (χ3n) is 3.87. The molecule has 1 atom stereocenters. The Kier molecular flexibility index (Phi) is 7.16. The van der Waals surface area contributed by atoms with E-state index in [-0.39, 0.29) is 24.2 Å². The minimum absolute atomic E-state index is 0.0435. The first-order valence-corrected chi connectivity index (χ1v) is 8.09. The Bertz CT molecular complexity index is 716. The highest BCUT2D eigenvalue weighted by atomic mass is 19.1. The van der Waals surface area contributed by atoms with Crippen molar-refractivity contribution in [3.8, 4) is 5.75 Å². The molecule has 0 aromatic heterocycles. The monoisotopic (exact) mass is 343 g/mol. The molecule has 0 saturated carbocycles. The van der Waals surface area contributed by atoms with Crippen molar-refractivity contribution in [1.82, 2.24) is 5.32 Å². The zero-order valence-corrected chi connectivity index (χ0v) is 14.1. The number of carbonyl (C=O) groups excluding carboxylic acids is 1. The number of nitrogens with one attached hydrogen (secondary N) is 1. The molecule has 25 heavy (non-hydrogen) atoms. The molecule has 0 aliphatic heterocycles. The van der Waals surface area contributed by atoms with E-state index < -0.39 is 5.82 Å². The normalized spacial score (nSPS) is 12.1. The molecule has 1 amide bonds. The SMILES string of the molecule is COc1ccc(/C=C/C(=O)NCC(CCO)c2ccccc2)cc1F. The van der Waals surface area contributed by atoms with Crippen LogP contribution in [-0.2, 0) is 4.79 Å². The van der Waals surface area contributed by atoms with Gasteiger partial charge in [-0.15, -0.1) is 0 Å². The van der Waals surface area contributed by atoms with Crippen molar-refractivity contribution < 1.29 is 19.0 Å². The summed E-state index contributed by atoms with van der Waals surface area (Å²) in [5, 5.41) is 12.0. The molecule has 2 rings (SSSR count). The Morgan fingerprint density at radius 3 is 2.68 bits per heavy atom. The molecule has 1 unspecified atom stereocenters. The Morgan fingerprint density at radius 1 is 1.28 bits per heavy atom. The van der Waals surface area contributed by atoms with Gasteiger partial charge in [0.25, 0.3) is 0 Å². The fourth-order valence-electron chi connectivity index (χ4n) is 2.51. The zero-order valence-electron chi connectivity index (χ0n) is 14.1. The number of methoxy groups -OCH3 is 1. The number of ether oxygens (including phenoxy) is 1. The Labute approximate surface area is 147 Å². The van der Waals surface area contributed by atoms with Crippen LogP contribution in [0.2, 0.25) is 0 Å². The number of carbonyl (C=O) groups is 1. The first-order chi connectivity index (χ1) is 12.1. The van der Waals surface area contributed by atoms with E-state index in [1.165, 1.54) is 25.3 Å². The molecule has 0 bridgehead atoms. The van der Waals surface area contributed by atoms with Gasteiger partial charge >= 0.3 is 0 Å². The van der Waals surface area contributed by atoms with Crippen LogP contribution in [0, 0.1) is 5.82 Å². The van der Waals surface area contributed by atoms with Gasteiger partial charge in [0.05, 0.1) is 7.11 Å². The molecule has 0 fully saturated rings. The standard InChI is InChI=1S/C20H22FNO3/c1-25-19-9-7-15(13-18(19)21)8-10-20(24)22-14-17(11-12-23)16-5-3-2-4-6-16/h2-10,13,17,23H,11-12,14H2,1H3,(H,22,24)/b10-8+. The third kappa shape index (κ3) is 5.72. The number of hydrogen-bond acceptors (Lipinski definition) is 3. The van der Waals surface area contributed by atoms with Gasteiger partial charge in [-0.05, 0) is 35.8 Å². The van der Waals surface area contributed by atoms with Crippen molar-refractivity contribution in [3.63, 3.8) is 0 Å². The molecule has 0 radical (unpaired) electrons. The highest BCUT2D eigenvalue weighted by Gasteiger charge is 2.11. The van der Waals surface area contributed by atoms with E-state index in [1.54, 1.807) is 12.1 Å². The molecule has 0 saturated heterocycles. The van der Waals surface area contributed by atoms with Gasteiger partial charge in [0, 0.05) is 25.1 Å². The Hall–Kier alpha value is -2.66. The van der Waals surface area contributed by atoms with Gasteiger partial charge in [-0.1, -0.05) is 36.4 Å². The third-order valence-corrected chi connectivity index (χ3v) is 3.87. The topological polar surface area (TPSA) is 58.6 Å². The van der Waals surface area contributed by atoms with Crippen molar-refractivity contribution in [2.75, 3.05) is 20.3 Å². The van der Waals surface area contributed by atoms with Crippen LogP contribution < -0.4 is 10.1 Å². The second-order valence-electron chi connectivity index (χ2n) is 5.59. The highest BCUT2D eigenvalue weighted by molar-refractivity contribution is 5.91. The van der Waals surface area contributed by atoms with Gasteiger partial charge in [-0.3, -0.25) is 4.79 Å². The second-order valence-corrected chi connectivity index (χ2v) is 5.59. The molecule has 2 aromatic rings. The number of halogens is 1. The van der Waals surface area contributed by atoms with Crippen molar-refractivity contribution in [3.05, 3.63) is 71.6 Å². The minimum Gasteiger partial charge on any atom is -0.494 e. The lowest BCUT2D eigenvalue weighted by atomic mass is 9.96. The van der Waals surface area contributed by atoms with E-state index in [0.29, 0.717) is 18.5 Å². The number of rotatable bonds is 8. The molecule has 2 aromatic carbocycles. The number of benzene rings is 2. The average Bonchev–Trinajstić information content (AvgIpc) is 2.64. The summed E-state index contributed by atoms with van der Waals surface area (Å²) >= 11 is 0. The molecular formula is C20H22FNO3. The fourth-order valence-corrected chi connectivity index (χ4v) is 2.51. The zero-order chi connectivity index (χ0) is 18.1. The van der Waals surface area contributed by atoms with Crippen LogP contribution in [0.3, 0.4) is 0 Å². The van der Waals surface area contributed by atoms with Crippen LogP contribution in [0.1, 0.15) is 23.5 Å². The lowest BCUT2D eigenvalue weighted by Crippen LogP contribution is -2.27. The van der Waals surface area contributed by atoms with Gasteiger partial charge in [0.15, 0.2) is 11.6 Å². The maximum absolute atomic E-state index is 13.6. The molecule has 4 nitrogen and oxygen atoms in total. The van der Waals surface area contributed by atoms with Crippen molar-refractivity contribution in [2.45, 2.75) is 12.3 Å². The average molecular weight is 343 g/mol.